The van der Waals surface area contributed by atoms with Crippen LogP contribution >= 0.6 is 23.2 Å². The number of hydrogen-bond donors (Lipinski definition) is 1. The van der Waals surface area contributed by atoms with Crippen molar-refractivity contribution in [1.29, 1.82) is 0 Å². The number of sulfonamides is 1. The van der Waals surface area contributed by atoms with E-state index in [1.54, 1.807) is 6.07 Å². The number of carbonyl (C=O) groups excluding carboxylic acids is 1. The van der Waals surface area contributed by atoms with E-state index in [1.807, 2.05) is 0 Å². The van der Waals surface area contributed by atoms with Gasteiger partial charge in [-0.3, -0.25) is 0 Å². The molecule has 11 heteroatoms. The van der Waals surface area contributed by atoms with Gasteiger partial charge in [-0.2, -0.15) is 0 Å². The van der Waals surface area contributed by atoms with Crippen molar-refractivity contribution in [3.63, 3.8) is 0 Å². The largest absolute Gasteiger partial charge is 0.465 e. The van der Waals surface area contributed by atoms with Crippen molar-refractivity contribution in [3.8, 4) is 11.3 Å². The van der Waals surface area contributed by atoms with Gasteiger partial charge < -0.3 is 9.26 Å². The van der Waals surface area contributed by atoms with Crippen molar-refractivity contribution in [2.75, 3.05) is 11.8 Å². The molecule has 0 bridgehead atoms. The number of ether oxygens (including phenoxy) is 1. The lowest BCUT2D eigenvalue weighted by molar-refractivity contribution is 0.0602. The maximum absolute atomic E-state index is 13.1. The lowest BCUT2D eigenvalue weighted by Gasteiger charge is -2.08. The molecule has 0 saturated heterocycles. The van der Waals surface area contributed by atoms with E-state index < -0.39 is 27.7 Å². The molecular formula is C17H11Cl2FN2O5S. The molecule has 1 aromatic heterocycles. The second-order valence-corrected chi connectivity index (χ2v) is 7.88. The monoisotopic (exact) mass is 444 g/mol. The number of anilines is 1. The number of benzene rings is 2. The highest BCUT2D eigenvalue weighted by Crippen LogP contribution is 2.39. The molecule has 28 heavy (non-hydrogen) atoms. The Kier molecular flexibility index (Phi) is 5.59. The van der Waals surface area contributed by atoms with Crippen LogP contribution in [0, 0.1) is 5.82 Å². The molecule has 0 aliphatic carbocycles. The Hall–Kier alpha value is -2.62. The van der Waals surface area contributed by atoms with E-state index in [0.717, 1.165) is 31.4 Å². The molecule has 1 heterocycles. The number of esters is 1. The van der Waals surface area contributed by atoms with Crippen LogP contribution in [0.25, 0.3) is 11.3 Å². The maximum Gasteiger partial charge on any atom is 0.345 e. The van der Waals surface area contributed by atoms with Crippen molar-refractivity contribution in [2.45, 2.75) is 4.90 Å². The molecule has 146 valence electrons. The molecule has 1 N–H and O–H groups in total. The topological polar surface area (TPSA) is 98.5 Å². The van der Waals surface area contributed by atoms with Gasteiger partial charge in [0.15, 0.2) is 5.56 Å². The van der Waals surface area contributed by atoms with Crippen molar-refractivity contribution >= 4 is 45.1 Å². The summed E-state index contributed by atoms with van der Waals surface area (Å²) in [6.07, 6.45) is 0. The fourth-order valence-electron chi connectivity index (χ4n) is 2.34. The molecule has 2 aromatic carbocycles. The van der Waals surface area contributed by atoms with Crippen LogP contribution in [0.4, 0.5) is 10.3 Å². The predicted molar refractivity (Wildman–Crippen MR) is 101 cm³/mol. The van der Waals surface area contributed by atoms with Gasteiger partial charge in [0.1, 0.15) is 11.5 Å². The van der Waals surface area contributed by atoms with Gasteiger partial charge in [0, 0.05) is 5.56 Å². The minimum absolute atomic E-state index is 0.0979. The molecule has 3 rings (SSSR count). The van der Waals surface area contributed by atoms with Gasteiger partial charge >= 0.3 is 5.97 Å². The summed E-state index contributed by atoms with van der Waals surface area (Å²) in [6, 6.07) is 8.68. The third-order valence-corrected chi connectivity index (χ3v) is 5.61. The average Bonchev–Trinajstić information content (AvgIpc) is 3.03. The van der Waals surface area contributed by atoms with Crippen molar-refractivity contribution in [1.82, 2.24) is 5.16 Å². The Morgan fingerprint density at radius 2 is 1.75 bits per heavy atom. The molecular weight excluding hydrogens is 434 g/mol. The Morgan fingerprint density at radius 1 is 1.14 bits per heavy atom. The van der Waals surface area contributed by atoms with Gasteiger partial charge in [-0.05, 0) is 36.4 Å². The number of nitrogens with zero attached hydrogens (tertiary/aromatic N) is 1. The highest BCUT2D eigenvalue weighted by molar-refractivity contribution is 7.92. The minimum Gasteiger partial charge on any atom is -0.465 e. The SMILES string of the molecule is COC(=O)c1c(-c2c(Cl)cccc2Cl)noc1NS(=O)(=O)c1ccc(F)cc1. The highest BCUT2D eigenvalue weighted by atomic mass is 35.5. The lowest BCUT2D eigenvalue weighted by atomic mass is 10.1. The summed E-state index contributed by atoms with van der Waals surface area (Å²) in [4.78, 5) is 12.0. The molecule has 0 atom stereocenters. The molecule has 3 aromatic rings. The number of carbonyl (C=O) groups is 1. The summed E-state index contributed by atoms with van der Waals surface area (Å²) >= 11 is 12.3. The Balaban J connectivity index is 2.11. The highest BCUT2D eigenvalue weighted by Gasteiger charge is 2.30. The summed E-state index contributed by atoms with van der Waals surface area (Å²) in [6.45, 7) is 0. The summed E-state index contributed by atoms with van der Waals surface area (Å²) in [5.74, 6) is -2.03. The fraction of sp³-hybridized carbons (Fsp3) is 0.0588. The molecule has 7 nitrogen and oxygen atoms in total. The van der Waals surface area contributed by atoms with Crippen molar-refractivity contribution in [3.05, 3.63) is 63.9 Å². The maximum atomic E-state index is 13.1. The van der Waals surface area contributed by atoms with Crippen LogP contribution < -0.4 is 4.72 Å². The molecule has 0 saturated carbocycles. The Morgan fingerprint density at radius 3 is 2.32 bits per heavy atom. The first-order valence-electron chi connectivity index (χ1n) is 7.55. The van der Waals surface area contributed by atoms with Gasteiger partial charge in [0.2, 0.25) is 0 Å². The third-order valence-electron chi connectivity index (χ3n) is 3.63. The molecule has 0 amide bonds. The summed E-state index contributed by atoms with van der Waals surface area (Å²) in [7, 11) is -3.10. The van der Waals surface area contributed by atoms with E-state index in [0.29, 0.717) is 0 Å². The quantitative estimate of drug-likeness (QED) is 0.586. The summed E-state index contributed by atoms with van der Waals surface area (Å²) in [5, 5.41) is 4.07. The van der Waals surface area contributed by atoms with Crippen molar-refractivity contribution in [2.24, 2.45) is 0 Å². The Bertz CT molecular complexity index is 1130. The third kappa shape index (κ3) is 3.82. The van der Waals surface area contributed by atoms with Gasteiger partial charge in [-0.15, -0.1) is 0 Å². The van der Waals surface area contributed by atoms with Crippen LogP contribution in [0.2, 0.25) is 10.0 Å². The first-order valence-corrected chi connectivity index (χ1v) is 9.79. The summed E-state index contributed by atoms with van der Waals surface area (Å²) in [5.41, 5.74) is -0.246. The number of methoxy groups -OCH3 is 1. The minimum atomic E-state index is -4.21. The predicted octanol–water partition coefficient (Wildman–Crippen LogP) is 4.37. The van der Waals surface area contributed by atoms with E-state index in [2.05, 4.69) is 9.88 Å². The standard InChI is InChI=1S/C17H11Cl2FN2O5S/c1-26-17(23)14-15(13-11(18)3-2-4-12(13)19)21-27-16(14)22-28(24,25)10-7-5-9(20)6-8-10/h2-8,22H,1H3. The van der Waals surface area contributed by atoms with E-state index in [4.69, 9.17) is 32.5 Å². The number of rotatable bonds is 5. The second-order valence-electron chi connectivity index (χ2n) is 5.38. The van der Waals surface area contributed by atoms with Gasteiger partial charge in [-0.1, -0.05) is 34.4 Å². The fourth-order valence-corrected chi connectivity index (χ4v) is 3.91. The van der Waals surface area contributed by atoms with Crippen LogP contribution in [0.15, 0.2) is 51.9 Å². The van der Waals surface area contributed by atoms with E-state index >= 15 is 0 Å². The number of aromatic nitrogens is 1. The number of halogens is 3. The first kappa shape index (κ1) is 20.1. The van der Waals surface area contributed by atoms with Gasteiger partial charge in [0.25, 0.3) is 15.9 Å². The smallest absolute Gasteiger partial charge is 0.345 e. The number of nitrogens with one attached hydrogen (secondary N) is 1. The molecule has 0 fully saturated rings. The molecule has 0 aliphatic heterocycles. The van der Waals surface area contributed by atoms with E-state index in [1.165, 1.54) is 12.1 Å². The summed E-state index contributed by atoms with van der Waals surface area (Å²) < 4.78 is 50.0. The zero-order chi connectivity index (χ0) is 20.5. The second kappa shape index (κ2) is 7.78. The molecule has 0 radical (unpaired) electrons. The van der Waals surface area contributed by atoms with Crippen LogP contribution in [-0.2, 0) is 14.8 Å². The normalized spacial score (nSPS) is 11.3. The zero-order valence-electron chi connectivity index (χ0n) is 14.1. The molecule has 0 aliphatic rings. The first-order chi connectivity index (χ1) is 13.2. The molecule has 0 unspecified atom stereocenters. The van der Waals surface area contributed by atoms with Crippen LogP contribution in [0.5, 0.6) is 0 Å². The lowest BCUT2D eigenvalue weighted by Crippen LogP contribution is -2.15. The molecule has 0 spiro atoms. The van der Waals surface area contributed by atoms with E-state index in [9.17, 15) is 17.6 Å². The number of hydrogen-bond acceptors (Lipinski definition) is 6. The zero-order valence-corrected chi connectivity index (χ0v) is 16.4. The van der Waals surface area contributed by atoms with Crippen LogP contribution in [0.1, 0.15) is 10.4 Å². The van der Waals surface area contributed by atoms with Gasteiger partial charge in [0.05, 0.1) is 22.1 Å². The van der Waals surface area contributed by atoms with Crippen LogP contribution in [-0.4, -0.2) is 26.7 Å². The van der Waals surface area contributed by atoms with Crippen molar-refractivity contribution < 1.29 is 26.9 Å². The average molecular weight is 445 g/mol. The van der Waals surface area contributed by atoms with E-state index in [-0.39, 0.29) is 31.8 Å². The Labute approximate surface area is 169 Å². The van der Waals surface area contributed by atoms with Gasteiger partial charge in [-0.25, -0.2) is 22.3 Å². The van der Waals surface area contributed by atoms with Crippen LogP contribution in [0.3, 0.4) is 0 Å².